The minimum atomic E-state index is -3.34. The maximum absolute atomic E-state index is 12.6. The molecular formula is C11H17BrN2O2S2. The van der Waals surface area contributed by atoms with Crippen LogP contribution in [0.4, 0.5) is 0 Å². The maximum atomic E-state index is 12.6. The number of piperidine rings is 1. The van der Waals surface area contributed by atoms with Gasteiger partial charge in [0.25, 0.3) is 10.0 Å². The molecule has 4 nitrogen and oxygen atoms in total. The highest BCUT2D eigenvalue weighted by molar-refractivity contribution is 9.11. The van der Waals surface area contributed by atoms with Gasteiger partial charge in [-0.05, 0) is 54.0 Å². The lowest BCUT2D eigenvalue weighted by molar-refractivity contribution is 0.271. The molecule has 0 aromatic carbocycles. The van der Waals surface area contributed by atoms with Crippen LogP contribution in [0.2, 0.25) is 0 Å². The average molecular weight is 353 g/mol. The number of halogens is 1. The molecule has 1 aliphatic rings. The standard InChI is InChI=1S/C11H17BrN2O2S2/c1-2-14(9-5-7-13-8-6-9)18(15,16)11-4-3-10(12)17-11/h3-4,9,13H,2,5-8H2,1H3. The number of rotatable bonds is 4. The van der Waals surface area contributed by atoms with Gasteiger partial charge in [-0.3, -0.25) is 0 Å². The lowest BCUT2D eigenvalue weighted by Gasteiger charge is -2.32. The van der Waals surface area contributed by atoms with Crippen LogP contribution in [0.5, 0.6) is 0 Å². The van der Waals surface area contributed by atoms with Gasteiger partial charge >= 0.3 is 0 Å². The van der Waals surface area contributed by atoms with Crippen molar-refractivity contribution in [1.82, 2.24) is 9.62 Å². The first-order valence-corrected chi connectivity index (χ1v) is 9.08. The van der Waals surface area contributed by atoms with Crippen molar-refractivity contribution in [2.75, 3.05) is 19.6 Å². The molecule has 0 amide bonds. The summed E-state index contributed by atoms with van der Waals surface area (Å²) in [7, 11) is -3.34. The van der Waals surface area contributed by atoms with Gasteiger partial charge in [-0.2, -0.15) is 4.31 Å². The third-order valence-corrected chi connectivity index (χ3v) is 7.26. The predicted octanol–water partition coefficient (Wildman–Crippen LogP) is 2.27. The van der Waals surface area contributed by atoms with E-state index in [9.17, 15) is 8.42 Å². The average Bonchev–Trinajstić information content (AvgIpc) is 2.78. The van der Waals surface area contributed by atoms with E-state index in [1.165, 1.54) is 11.3 Å². The Labute approximate surface area is 121 Å². The zero-order chi connectivity index (χ0) is 13.2. The minimum absolute atomic E-state index is 0.127. The Morgan fingerprint density at radius 3 is 2.61 bits per heavy atom. The van der Waals surface area contributed by atoms with Gasteiger partial charge in [0, 0.05) is 12.6 Å². The second-order valence-corrected chi connectivity index (χ2v) is 8.83. The van der Waals surface area contributed by atoms with Crippen molar-refractivity contribution in [3.05, 3.63) is 15.9 Å². The first-order valence-electron chi connectivity index (χ1n) is 6.03. The minimum Gasteiger partial charge on any atom is -0.317 e. The van der Waals surface area contributed by atoms with Gasteiger partial charge < -0.3 is 5.32 Å². The molecule has 2 heterocycles. The molecule has 0 spiro atoms. The molecule has 1 aliphatic heterocycles. The Morgan fingerprint density at radius 1 is 1.44 bits per heavy atom. The van der Waals surface area contributed by atoms with E-state index in [0.29, 0.717) is 10.8 Å². The summed E-state index contributed by atoms with van der Waals surface area (Å²) in [6.07, 6.45) is 1.78. The molecule has 18 heavy (non-hydrogen) atoms. The molecule has 1 aromatic rings. The summed E-state index contributed by atoms with van der Waals surface area (Å²) in [6, 6.07) is 3.59. The molecule has 102 valence electrons. The van der Waals surface area contributed by atoms with Crippen LogP contribution < -0.4 is 5.32 Å². The number of hydrogen-bond donors (Lipinski definition) is 1. The van der Waals surface area contributed by atoms with Crippen LogP contribution in [-0.4, -0.2) is 38.4 Å². The Balaban J connectivity index is 2.25. The highest BCUT2D eigenvalue weighted by Crippen LogP contribution is 2.30. The fourth-order valence-corrected chi connectivity index (χ4v) is 6.10. The molecular weight excluding hydrogens is 336 g/mol. The molecule has 0 atom stereocenters. The zero-order valence-corrected chi connectivity index (χ0v) is 13.4. The first-order chi connectivity index (χ1) is 8.55. The Hall–Kier alpha value is 0.0500. The second-order valence-electron chi connectivity index (χ2n) is 4.25. The van der Waals surface area contributed by atoms with Crippen molar-refractivity contribution in [1.29, 1.82) is 0 Å². The molecule has 2 rings (SSSR count). The van der Waals surface area contributed by atoms with Gasteiger partial charge in [-0.1, -0.05) is 6.92 Å². The normalized spacial score (nSPS) is 18.4. The van der Waals surface area contributed by atoms with Crippen molar-refractivity contribution >= 4 is 37.3 Å². The van der Waals surface area contributed by atoms with Crippen molar-refractivity contribution < 1.29 is 8.42 Å². The van der Waals surface area contributed by atoms with E-state index < -0.39 is 10.0 Å². The molecule has 0 radical (unpaired) electrons. The topological polar surface area (TPSA) is 49.4 Å². The first kappa shape index (κ1) is 14.5. The molecule has 1 aromatic heterocycles. The van der Waals surface area contributed by atoms with E-state index in [1.54, 1.807) is 16.4 Å². The fourth-order valence-electron chi connectivity index (χ4n) is 2.27. The molecule has 1 N–H and O–H groups in total. The van der Waals surface area contributed by atoms with Crippen LogP contribution in [0.3, 0.4) is 0 Å². The summed E-state index contributed by atoms with van der Waals surface area (Å²) >= 11 is 4.59. The molecule has 0 aliphatic carbocycles. The SMILES string of the molecule is CCN(C1CCNCC1)S(=O)(=O)c1ccc(Br)s1. The summed E-state index contributed by atoms with van der Waals surface area (Å²) < 4.78 is 28.1. The van der Waals surface area contributed by atoms with Crippen LogP contribution in [-0.2, 0) is 10.0 Å². The smallest absolute Gasteiger partial charge is 0.252 e. The van der Waals surface area contributed by atoms with E-state index in [1.807, 2.05) is 6.92 Å². The monoisotopic (exact) mass is 352 g/mol. The highest BCUT2D eigenvalue weighted by Gasteiger charge is 2.31. The molecule has 1 fully saturated rings. The number of thiophene rings is 1. The summed E-state index contributed by atoms with van der Waals surface area (Å²) in [5.41, 5.74) is 0. The summed E-state index contributed by atoms with van der Waals surface area (Å²) in [5, 5.41) is 3.26. The van der Waals surface area contributed by atoms with Gasteiger partial charge in [-0.25, -0.2) is 8.42 Å². The molecule has 0 bridgehead atoms. The van der Waals surface area contributed by atoms with Crippen LogP contribution in [0.25, 0.3) is 0 Å². The molecule has 0 unspecified atom stereocenters. The summed E-state index contributed by atoms with van der Waals surface area (Å²) in [5.74, 6) is 0. The third-order valence-electron chi connectivity index (χ3n) is 3.14. The summed E-state index contributed by atoms with van der Waals surface area (Å²) in [6.45, 7) is 4.22. The number of sulfonamides is 1. The molecule has 0 saturated carbocycles. The van der Waals surface area contributed by atoms with Gasteiger partial charge in [0.2, 0.25) is 0 Å². The summed E-state index contributed by atoms with van der Waals surface area (Å²) in [4.78, 5) is 0. The van der Waals surface area contributed by atoms with Gasteiger partial charge in [0.15, 0.2) is 0 Å². The van der Waals surface area contributed by atoms with Crippen LogP contribution in [0.15, 0.2) is 20.1 Å². The Morgan fingerprint density at radius 2 is 2.11 bits per heavy atom. The fraction of sp³-hybridized carbons (Fsp3) is 0.636. The van der Waals surface area contributed by atoms with Crippen molar-refractivity contribution in [3.63, 3.8) is 0 Å². The Kier molecular flexibility index (Phi) is 4.82. The van der Waals surface area contributed by atoms with E-state index in [2.05, 4.69) is 21.2 Å². The molecule has 1 saturated heterocycles. The van der Waals surface area contributed by atoms with Crippen molar-refractivity contribution in [3.8, 4) is 0 Å². The maximum Gasteiger partial charge on any atom is 0.252 e. The van der Waals surface area contributed by atoms with Gasteiger partial charge in [-0.15, -0.1) is 11.3 Å². The zero-order valence-electron chi connectivity index (χ0n) is 10.2. The van der Waals surface area contributed by atoms with E-state index in [-0.39, 0.29) is 6.04 Å². The van der Waals surface area contributed by atoms with E-state index >= 15 is 0 Å². The van der Waals surface area contributed by atoms with Crippen LogP contribution in [0.1, 0.15) is 19.8 Å². The number of hydrogen-bond acceptors (Lipinski definition) is 4. The van der Waals surface area contributed by atoms with E-state index in [0.717, 1.165) is 29.7 Å². The lowest BCUT2D eigenvalue weighted by Crippen LogP contribution is -2.45. The molecule has 7 heteroatoms. The number of nitrogens with one attached hydrogen (secondary N) is 1. The van der Waals surface area contributed by atoms with Crippen LogP contribution >= 0.6 is 27.3 Å². The predicted molar refractivity (Wildman–Crippen MR) is 77.5 cm³/mol. The van der Waals surface area contributed by atoms with E-state index in [4.69, 9.17) is 0 Å². The van der Waals surface area contributed by atoms with Gasteiger partial charge in [0.1, 0.15) is 4.21 Å². The Bertz CT molecular complexity index is 495. The van der Waals surface area contributed by atoms with Crippen molar-refractivity contribution in [2.24, 2.45) is 0 Å². The highest BCUT2D eigenvalue weighted by atomic mass is 79.9. The van der Waals surface area contributed by atoms with Crippen LogP contribution in [0, 0.1) is 0 Å². The second kappa shape index (κ2) is 6.00. The quantitative estimate of drug-likeness (QED) is 0.904. The lowest BCUT2D eigenvalue weighted by atomic mass is 10.1. The van der Waals surface area contributed by atoms with Crippen molar-refractivity contribution in [2.45, 2.75) is 30.0 Å². The number of nitrogens with zero attached hydrogens (tertiary/aromatic N) is 1. The van der Waals surface area contributed by atoms with Gasteiger partial charge in [0.05, 0.1) is 3.79 Å². The third kappa shape index (κ3) is 2.96. The largest absolute Gasteiger partial charge is 0.317 e.